The molecular formula is C27H33IN2O4Si. The Labute approximate surface area is 220 Å². The number of hydrogen-bond acceptors (Lipinski definition) is 5. The first-order chi connectivity index (χ1) is 16.7. The third kappa shape index (κ3) is 4.21. The molecule has 186 valence electrons. The Kier molecular flexibility index (Phi) is 6.50. The van der Waals surface area contributed by atoms with Crippen LogP contribution in [-0.4, -0.2) is 50.4 Å². The van der Waals surface area contributed by atoms with Crippen molar-refractivity contribution in [2.45, 2.75) is 69.9 Å². The molecule has 2 aromatic rings. The second kappa shape index (κ2) is 9.19. The highest BCUT2D eigenvalue weighted by atomic mass is 127. The van der Waals surface area contributed by atoms with Crippen molar-refractivity contribution in [2.24, 2.45) is 0 Å². The minimum Gasteiger partial charge on any atom is -0.505 e. The summed E-state index contributed by atoms with van der Waals surface area (Å²) in [7, 11) is -1.24. The zero-order valence-corrected chi connectivity index (χ0v) is 23.8. The summed E-state index contributed by atoms with van der Waals surface area (Å²) in [5, 5.41) is 23.0. The van der Waals surface area contributed by atoms with E-state index in [1.54, 1.807) is 6.92 Å². The number of fused-ring (bicyclic) bond motifs is 4. The molecule has 5 rings (SSSR count). The van der Waals surface area contributed by atoms with Gasteiger partial charge in [-0.3, -0.25) is 0 Å². The Hall–Kier alpha value is -1.91. The number of benzene rings is 1. The summed E-state index contributed by atoms with van der Waals surface area (Å²) in [6.45, 7) is 7.38. The number of halogens is 1. The maximum absolute atomic E-state index is 12.4. The second-order valence-electron chi connectivity index (χ2n) is 10.7. The summed E-state index contributed by atoms with van der Waals surface area (Å²) >= 11 is 2.48. The van der Waals surface area contributed by atoms with Crippen LogP contribution in [0.5, 0.6) is 0 Å². The summed E-state index contributed by atoms with van der Waals surface area (Å²) in [6.07, 6.45) is 5.01. The first kappa shape index (κ1) is 24.8. The molecule has 0 saturated heterocycles. The maximum atomic E-state index is 12.4. The Bertz CT molecular complexity index is 1360. The van der Waals surface area contributed by atoms with Crippen molar-refractivity contribution in [3.63, 3.8) is 0 Å². The van der Waals surface area contributed by atoms with Gasteiger partial charge >= 0.3 is 5.97 Å². The molecule has 2 aliphatic heterocycles. The van der Waals surface area contributed by atoms with E-state index in [-0.39, 0.29) is 18.8 Å². The first-order valence-corrected chi connectivity index (χ1v) is 17.4. The molecule has 3 heterocycles. The van der Waals surface area contributed by atoms with Crippen molar-refractivity contribution < 1.29 is 19.7 Å². The summed E-state index contributed by atoms with van der Waals surface area (Å²) in [6, 6.07) is 9.16. The Morgan fingerprint density at radius 3 is 2.83 bits per heavy atom. The predicted molar refractivity (Wildman–Crippen MR) is 148 cm³/mol. The fraction of sp³-hybridized carbons (Fsp3) is 0.481. The van der Waals surface area contributed by atoms with Crippen LogP contribution in [0.1, 0.15) is 42.1 Å². The molecule has 0 amide bonds. The average Bonchev–Trinajstić information content (AvgIpc) is 3.20. The van der Waals surface area contributed by atoms with Crippen molar-refractivity contribution in [1.82, 2.24) is 9.55 Å². The van der Waals surface area contributed by atoms with Crippen molar-refractivity contribution in [2.75, 3.05) is 11.0 Å². The smallest absolute Gasteiger partial charge is 0.342 e. The zero-order valence-electron chi connectivity index (χ0n) is 20.7. The molecule has 35 heavy (non-hydrogen) atoms. The lowest BCUT2D eigenvalue weighted by atomic mass is 9.80. The Morgan fingerprint density at radius 1 is 1.29 bits per heavy atom. The predicted octanol–water partition coefficient (Wildman–Crippen LogP) is 3.37. The van der Waals surface area contributed by atoms with Gasteiger partial charge in [0.1, 0.15) is 23.2 Å². The van der Waals surface area contributed by atoms with Gasteiger partial charge in [-0.25, -0.2) is 9.78 Å². The number of cyclic esters (lactones) is 1. The fourth-order valence-corrected chi connectivity index (χ4v) is 9.12. The van der Waals surface area contributed by atoms with Gasteiger partial charge in [0.15, 0.2) is 5.60 Å². The van der Waals surface area contributed by atoms with Gasteiger partial charge in [0.05, 0.1) is 12.2 Å². The highest BCUT2D eigenvalue weighted by Gasteiger charge is 2.47. The molecule has 1 aromatic heterocycles. The Balaban J connectivity index is 1.53. The minimum absolute atomic E-state index is 0.0231. The molecule has 2 N–H and O–H groups in total. The van der Waals surface area contributed by atoms with E-state index in [9.17, 15) is 15.0 Å². The van der Waals surface area contributed by atoms with Crippen LogP contribution < -0.4 is 10.8 Å². The number of hydrogen-bond donors (Lipinski definition) is 2. The van der Waals surface area contributed by atoms with Crippen LogP contribution in [-0.2, 0) is 28.9 Å². The van der Waals surface area contributed by atoms with Crippen molar-refractivity contribution in [1.29, 1.82) is 0 Å². The zero-order chi connectivity index (χ0) is 25.0. The fourth-order valence-electron chi connectivity index (χ4n) is 5.69. The molecule has 0 fully saturated rings. The lowest BCUT2D eigenvalue weighted by Gasteiger charge is -2.35. The number of aromatic nitrogens is 2. The van der Waals surface area contributed by atoms with Gasteiger partial charge in [-0.15, -0.1) is 0 Å². The number of rotatable bonds is 7. The van der Waals surface area contributed by atoms with E-state index in [2.05, 4.69) is 64.5 Å². The third-order valence-electron chi connectivity index (χ3n) is 7.95. The number of carbonyl (C=O) groups excluding carboxylic acids is 1. The number of ether oxygens (including phenoxy) is 1. The van der Waals surface area contributed by atoms with E-state index in [4.69, 9.17) is 9.72 Å². The number of aliphatic hydroxyl groups is 2. The molecule has 6 nitrogen and oxygen atoms in total. The molecule has 0 bridgehead atoms. The average molecular weight is 605 g/mol. The van der Waals surface area contributed by atoms with Gasteiger partial charge in [-0.05, 0) is 52.0 Å². The highest BCUT2D eigenvalue weighted by molar-refractivity contribution is 14.1. The van der Waals surface area contributed by atoms with Crippen LogP contribution in [0.25, 0.3) is 11.8 Å². The largest absolute Gasteiger partial charge is 0.505 e. The van der Waals surface area contributed by atoms with E-state index in [0.29, 0.717) is 35.2 Å². The summed E-state index contributed by atoms with van der Waals surface area (Å²) < 4.78 is 8.58. The van der Waals surface area contributed by atoms with Crippen LogP contribution in [0.4, 0.5) is 0 Å². The molecular weight excluding hydrogens is 571 g/mol. The summed E-state index contributed by atoms with van der Waals surface area (Å²) in [4.78, 5) is 17.2. The molecule has 1 aromatic carbocycles. The van der Waals surface area contributed by atoms with Crippen LogP contribution in [0.2, 0.25) is 25.2 Å². The van der Waals surface area contributed by atoms with Gasteiger partial charge in [-0.1, -0.05) is 72.9 Å². The number of imidazole rings is 1. The molecule has 3 aliphatic rings. The quantitative estimate of drug-likeness (QED) is 0.187. The minimum atomic E-state index is -1.71. The SMILES string of the molecule is CC[C@@]1(O)C(=O)OCC2=C1Cc1nc3n(c1=C2O)Cc1c(cccc1CC[Si](C)(C)CCCI)C=3. The number of aliphatic hydroxyl groups excluding tert-OH is 1. The molecule has 0 radical (unpaired) electrons. The third-order valence-corrected chi connectivity index (χ3v) is 12.0. The van der Waals surface area contributed by atoms with E-state index in [1.165, 1.54) is 39.6 Å². The van der Waals surface area contributed by atoms with E-state index >= 15 is 0 Å². The molecule has 1 atom stereocenters. The highest BCUT2D eigenvalue weighted by Crippen LogP contribution is 2.36. The van der Waals surface area contributed by atoms with Gasteiger partial charge in [0.25, 0.3) is 0 Å². The van der Waals surface area contributed by atoms with Crippen LogP contribution in [0.15, 0.2) is 29.3 Å². The van der Waals surface area contributed by atoms with Crippen LogP contribution >= 0.6 is 22.6 Å². The van der Waals surface area contributed by atoms with Gasteiger partial charge in [-0.2, -0.15) is 0 Å². The number of alkyl halides is 1. The van der Waals surface area contributed by atoms with E-state index < -0.39 is 19.6 Å². The van der Waals surface area contributed by atoms with E-state index in [0.717, 1.165) is 11.9 Å². The summed E-state index contributed by atoms with van der Waals surface area (Å²) in [5.41, 5.74) is 4.70. The number of aryl methyl sites for hydroxylation is 1. The first-order valence-electron chi connectivity index (χ1n) is 12.5. The number of esters is 1. The normalized spacial score (nSPS) is 21.1. The van der Waals surface area contributed by atoms with Crippen LogP contribution in [0, 0.1) is 0 Å². The topological polar surface area (TPSA) is 84.6 Å². The Morgan fingerprint density at radius 2 is 2.09 bits per heavy atom. The lowest BCUT2D eigenvalue weighted by molar-refractivity contribution is -0.163. The van der Waals surface area contributed by atoms with E-state index in [1.807, 2.05) is 0 Å². The van der Waals surface area contributed by atoms with Crippen molar-refractivity contribution in [3.05, 3.63) is 62.6 Å². The number of carbonyl (C=O) groups is 1. The molecule has 8 heteroatoms. The van der Waals surface area contributed by atoms with Crippen LogP contribution in [0.3, 0.4) is 0 Å². The van der Waals surface area contributed by atoms with Gasteiger partial charge in [0, 0.05) is 20.1 Å². The maximum Gasteiger partial charge on any atom is 0.342 e. The summed E-state index contributed by atoms with van der Waals surface area (Å²) in [5.74, 6) is -0.575. The van der Waals surface area contributed by atoms with Crippen molar-refractivity contribution in [3.8, 4) is 0 Å². The number of nitrogens with zero attached hydrogens (tertiary/aromatic N) is 2. The van der Waals surface area contributed by atoms with Crippen molar-refractivity contribution >= 4 is 48.5 Å². The molecule has 0 spiro atoms. The van der Waals surface area contributed by atoms with Gasteiger partial charge in [0.2, 0.25) is 0 Å². The second-order valence-corrected chi connectivity index (χ2v) is 17.1. The monoisotopic (exact) mass is 604 g/mol. The van der Waals surface area contributed by atoms with Gasteiger partial charge < -0.3 is 19.5 Å². The molecule has 0 unspecified atom stereocenters. The lowest BCUT2D eigenvalue weighted by Crippen LogP contribution is -2.49. The standard InChI is InChI=1S/C27H33IN2O4Si/c1-4-27(33)21-14-22-24(25(31)20(21)16-34-26(27)32)30-15-19-17(9-12-35(2,3)11-6-10-28)7-5-8-18(19)13-23(30)29-22/h5,7-8,13,31,33H,4,6,9-12,14-16H2,1-3H3/t27-/m0/s1. The molecule has 0 saturated carbocycles. The molecule has 1 aliphatic carbocycles.